The average Bonchev–Trinajstić information content (AvgIpc) is 3.38. The van der Waals surface area contributed by atoms with Crippen molar-refractivity contribution < 1.29 is 59.0 Å². The molecule has 0 aliphatic carbocycles. The number of aryl methyl sites for hydroxylation is 3. The van der Waals surface area contributed by atoms with Gasteiger partial charge in [0.1, 0.15) is 26.9 Å². The van der Waals surface area contributed by atoms with Crippen molar-refractivity contribution >= 4 is 150 Å². The van der Waals surface area contributed by atoms with E-state index >= 15 is 0 Å². The first-order valence-electron chi connectivity index (χ1n) is 22.5. The number of carbonyl (C=O) groups is 1. The van der Waals surface area contributed by atoms with Crippen LogP contribution in [-0.4, -0.2) is 90.1 Å². The largest absolute Gasteiger partial charge is 0.505 e. The van der Waals surface area contributed by atoms with E-state index in [1.165, 1.54) is 49.4 Å². The summed E-state index contributed by atoms with van der Waals surface area (Å²) < 4.78 is 104. The zero-order valence-electron chi connectivity index (χ0n) is 40.8. The second-order valence-corrected chi connectivity index (χ2v) is 22.0. The van der Waals surface area contributed by atoms with Crippen LogP contribution in [0, 0.1) is 20.8 Å². The summed E-state index contributed by atoms with van der Waals surface area (Å²) in [4.78, 5) is 35.6. The summed E-state index contributed by atoms with van der Waals surface area (Å²) in [5.41, 5.74) is 0.335. The lowest BCUT2D eigenvalue weighted by Gasteiger charge is -2.15. The molecule has 10 N–H and O–H groups in total. The maximum atomic E-state index is 12.6. The molecule has 0 amide bonds. The van der Waals surface area contributed by atoms with Gasteiger partial charge in [-0.1, -0.05) is 36.4 Å². The number of halogens is 2. The van der Waals surface area contributed by atoms with E-state index in [-0.39, 0.29) is 89.9 Å². The summed E-state index contributed by atoms with van der Waals surface area (Å²) in [6.07, 6.45) is 0. The van der Waals surface area contributed by atoms with Gasteiger partial charge in [-0.05, 0) is 138 Å². The third-order valence-corrected chi connectivity index (χ3v) is 14.3. The molecule has 0 atom stereocenters. The summed E-state index contributed by atoms with van der Waals surface area (Å²) in [6, 6.07) is 23.3. The molecule has 0 saturated heterocycles. The van der Waals surface area contributed by atoms with Crippen LogP contribution in [0.5, 0.6) is 11.5 Å². The number of carboxylic acids is 1. The molecule has 408 valence electrons. The standard InChI is InChI=1S/C48H36Cl2N14O13S3/c1-21-12-24-18-35(80(75,76)77)39(64-61-30-9-5-4-8-22(30)2)41(66)36(24)32(13-21)53-47-57-43(49)55-45(59-47)51-27-15-26(42(67)68)16-28(19-27)52-46-56-44(50)58-48(60-46)54-33-20-29(78(69,70)71)17-25-14-23(3)38(40(65)37(25)33)63-62-31-10-6-7-11-34(31)79(72,73)74/h4-20,65-66H,1-3H3,(H,67,68)(H,69,70,71)(H,72,73,74)(H,75,76,77)(H2,51,53,55,57,59)(H2,52,54,56,58,60). The van der Waals surface area contributed by atoms with E-state index < -0.39 is 79.4 Å². The van der Waals surface area contributed by atoms with Crippen molar-refractivity contribution in [3.63, 3.8) is 0 Å². The number of hydrogen-bond acceptors (Lipinski definition) is 23. The van der Waals surface area contributed by atoms with Crippen molar-refractivity contribution in [2.45, 2.75) is 35.5 Å². The Morgan fingerprint density at radius 1 is 0.500 bits per heavy atom. The Bertz CT molecular complexity index is 4500. The summed E-state index contributed by atoms with van der Waals surface area (Å²) in [5, 5.41) is 60.2. The maximum Gasteiger partial charge on any atom is 0.335 e. The third kappa shape index (κ3) is 12.3. The van der Waals surface area contributed by atoms with E-state index in [4.69, 9.17) is 23.2 Å². The third-order valence-electron chi connectivity index (χ3n) is 11.4. The van der Waals surface area contributed by atoms with Gasteiger partial charge in [-0.25, -0.2) is 4.79 Å². The van der Waals surface area contributed by atoms with Gasteiger partial charge in [-0.3, -0.25) is 13.7 Å². The number of azo groups is 2. The van der Waals surface area contributed by atoms with Crippen LogP contribution in [-0.2, 0) is 30.4 Å². The Morgan fingerprint density at radius 3 is 1.54 bits per heavy atom. The fourth-order valence-electron chi connectivity index (χ4n) is 7.98. The zero-order chi connectivity index (χ0) is 57.6. The normalized spacial score (nSPS) is 12.2. The van der Waals surface area contributed by atoms with Crippen molar-refractivity contribution in [3.05, 3.63) is 136 Å². The smallest absolute Gasteiger partial charge is 0.335 e. The van der Waals surface area contributed by atoms with E-state index in [2.05, 4.69) is 71.6 Å². The van der Waals surface area contributed by atoms with Gasteiger partial charge in [0.15, 0.2) is 11.5 Å². The number of aromatic carboxylic acids is 1. The Labute approximate surface area is 461 Å². The predicted octanol–water partition coefficient (Wildman–Crippen LogP) is 11.2. The lowest BCUT2D eigenvalue weighted by molar-refractivity contribution is 0.0696. The van der Waals surface area contributed by atoms with Crippen molar-refractivity contribution in [2.75, 3.05) is 21.3 Å². The van der Waals surface area contributed by atoms with Gasteiger partial charge in [-0.15, -0.1) is 15.3 Å². The van der Waals surface area contributed by atoms with Crippen LogP contribution < -0.4 is 21.3 Å². The Morgan fingerprint density at radius 2 is 0.988 bits per heavy atom. The predicted molar refractivity (Wildman–Crippen MR) is 292 cm³/mol. The number of rotatable bonds is 16. The highest BCUT2D eigenvalue weighted by Gasteiger charge is 2.26. The van der Waals surface area contributed by atoms with E-state index in [0.29, 0.717) is 16.8 Å². The molecule has 0 bridgehead atoms. The van der Waals surface area contributed by atoms with E-state index in [9.17, 15) is 59.0 Å². The lowest BCUT2D eigenvalue weighted by atomic mass is 10.0. The molecule has 0 aliphatic heterocycles. The van der Waals surface area contributed by atoms with Crippen LogP contribution in [0.4, 0.5) is 69.3 Å². The molecule has 9 rings (SSSR count). The number of nitrogens with one attached hydrogen (secondary N) is 4. The van der Waals surface area contributed by atoms with Crippen LogP contribution in [0.15, 0.2) is 138 Å². The van der Waals surface area contributed by atoms with Crippen LogP contribution in [0.1, 0.15) is 27.0 Å². The van der Waals surface area contributed by atoms with Gasteiger partial charge in [0.05, 0.1) is 27.5 Å². The number of fused-ring (bicyclic) bond motifs is 2. The SMILES string of the molecule is Cc1cc(Nc2nc(Cl)nc(Nc3cc(Nc4nc(Cl)nc(Nc5cc(S(=O)(=O)O)cc6cc(C)c(N=Nc7ccccc7S(=O)(=O)O)c(O)c56)n4)cc(C(=O)O)c3)n2)c2c(O)c(N=Nc3ccccc3C)c(S(=O)(=O)O)cc2c1. The number of aromatic hydroxyl groups is 2. The second kappa shape index (κ2) is 21.6. The van der Waals surface area contributed by atoms with Gasteiger partial charge in [0, 0.05) is 22.1 Å². The van der Waals surface area contributed by atoms with Gasteiger partial charge < -0.3 is 36.6 Å². The van der Waals surface area contributed by atoms with Crippen LogP contribution >= 0.6 is 23.2 Å². The minimum atomic E-state index is -4.97. The maximum absolute atomic E-state index is 12.6. The monoisotopic (exact) mass is 1180 g/mol. The molecule has 0 spiro atoms. The van der Waals surface area contributed by atoms with Crippen molar-refractivity contribution in [1.82, 2.24) is 29.9 Å². The van der Waals surface area contributed by atoms with Crippen LogP contribution in [0.3, 0.4) is 0 Å². The number of nitrogens with zero attached hydrogens (tertiary/aromatic N) is 10. The van der Waals surface area contributed by atoms with Gasteiger partial charge in [0.2, 0.25) is 34.4 Å². The molecule has 32 heteroatoms. The van der Waals surface area contributed by atoms with Crippen LogP contribution in [0.2, 0.25) is 10.6 Å². The molecular formula is C48H36Cl2N14O13S3. The molecule has 0 saturated carbocycles. The molecule has 0 aliphatic rings. The molecule has 2 aromatic heterocycles. The topological polar surface area (TPSA) is 416 Å². The molecule has 2 heterocycles. The highest BCUT2D eigenvalue weighted by molar-refractivity contribution is 7.86. The molecule has 0 unspecified atom stereocenters. The Kier molecular flexibility index (Phi) is 15.0. The molecule has 7 aromatic carbocycles. The number of anilines is 8. The highest BCUT2D eigenvalue weighted by Crippen LogP contribution is 2.47. The Balaban J connectivity index is 1.03. The summed E-state index contributed by atoms with van der Waals surface area (Å²) in [6.45, 7) is 4.89. The van der Waals surface area contributed by atoms with E-state index in [1.807, 2.05) is 0 Å². The molecular weight excluding hydrogens is 1150 g/mol. The number of aromatic nitrogens is 6. The van der Waals surface area contributed by atoms with Crippen molar-refractivity contribution in [2.24, 2.45) is 20.5 Å². The Hall–Kier alpha value is -9.14. The minimum absolute atomic E-state index is 0.0120. The number of hydrogen-bond donors (Lipinski definition) is 10. The van der Waals surface area contributed by atoms with Crippen molar-refractivity contribution in [3.8, 4) is 11.5 Å². The number of carboxylic acid groups (broad SMARTS) is 1. The van der Waals surface area contributed by atoms with Crippen LogP contribution in [0.25, 0.3) is 21.5 Å². The quantitative estimate of drug-likeness (QED) is 0.0317. The average molecular weight is 1180 g/mol. The van der Waals surface area contributed by atoms with Gasteiger partial charge in [-0.2, -0.15) is 60.3 Å². The van der Waals surface area contributed by atoms with E-state index in [0.717, 1.165) is 24.3 Å². The van der Waals surface area contributed by atoms with Gasteiger partial charge >= 0.3 is 5.97 Å². The highest BCUT2D eigenvalue weighted by atomic mass is 35.5. The number of benzene rings is 7. The first-order chi connectivity index (χ1) is 37.7. The fraction of sp³-hybridized carbons (Fsp3) is 0.0625. The minimum Gasteiger partial charge on any atom is -0.505 e. The number of phenolic OH excluding ortho intramolecular Hbond substituents is 2. The zero-order valence-corrected chi connectivity index (χ0v) is 44.8. The second-order valence-electron chi connectivity index (χ2n) is 17.1. The molecule has 0 fully saturated rings. The fourth-order valence-corrected chi connectivity index (χ4v) is 10.1. The first-order valence-corrected chi connectivity index (χ1v) is 27.6. The summed E-state index contributed by atoms with van der Waals surface area (Å²) >= 11 is 12.7. The van der Waals surface area contributed by atoms with Gasteiger partial charge in [0.25, 0.3) is 30.4 Å². The van der Waals surface area contributed by atoms with E-state index in [1.54, 1.807) is 50.2 Å². The molecule has 9 aromatic rings. The summed E-state index contributed by atoms with van der Waals surface area (Å²) in [7, 11) is -14.6. The van der Waals surface area contributed by atoms with Crippen molar-refractivity contribution in [1.29, 1.82) is 0 Å². The molecule has 27 nitrogen and oxygen atoms in total. The molecule has 0 radical (unpaired) electrons. The lowest BCUT2D eigenvalue weighted by Crippen LogP contribution is -2.07. The first kappa shape index (κ1) is 55.6. The summed E-state index contributed by atoms with van der Waals surface area (Å²) in [5.74, 6) is -3.89. The number of phenols is 2. The molecule has 80 heavy (non-hydrogen) atoms.